The van der Waals surface area contributed by atoms with Crippen LogP contribution in [0.4, 0.5) is 11.4 Å². The molecule has 8 heteroatoms. The lowest BCUT2D eigenvalue weighted by atomic mass is 10.0. The molecule has 0 spiro atoms. The first-order valence-electron chi connectivity index (χ1n) is 11.4. The molecular formula is C29H26N2O6. The Morgan fingerprint density at radius 3 is 1.57 bits per heavy atom. The smallest absolute Gasteiger partial charge is 0.222 e. The summed E-state index contributed by atoms with van der Waals surface area (Å²) >= 11 is 0. The summed E-state index contributed by atoms with van der Waals surface area (Å²) in [6, 6.07) is 18.2. The van der Waals surface area contributed by atoms with Crippen molar-refractivity contribution in [1.29, 1.82) is 0 Å². The van der Waals surface area contributed by atoms with Gasteiger partial charge in [0.25, 0.3) is 0 Å². The second-order valence-corrected chi connectivity index (χ2v) is 7.88. The fraction of sp³-hybridized carbons (Fsp3) is 0.103. The van der Waals surface area contributed by atoms with Crippen LogP contribution in [0.1, 0.15) is 32.2 Å². The molecule has 2 aromatic carbocycles. The number of nitrogens with one attached hydrogen (secondary N) is 2. The summed E-state index contributed by atoms with van der Waals surface area (Å²) in [4.78, 5) is 24.1. The molecule has 0 fully saturated rings. The molecule has 0 radical (unpaired) electrons. The molecule has 0 amide bonds. The van der Waals surface area contributed by atoms with Gasteiger partial charge in [0.05, 0.1) is 38.1 Å². The molecule has 0 bridgehead atoms. The van der Waals surface area contributed by atoms with E-state index in [9.17, 15) is 9.59 Å². The standard InChI is InChI=1S/C29H26N2O6/c1-34-28-18-20(7-9-22(28)30-13-11-24(32)26-5-3-15-36-26)17-21-8-10-23(29(19-21)35-2)31-14-12-25(33)27-6-4-16-37-27/h3-16,18-19,30-31H,17H2,1-2H3/b13-11-,14-12+. The summed E-state index contributed by atoms with van der Waals surface area (Å²) in [6.45, 7) is 0. The predicted octanol–water partition coefficient (Wildman–Crippen LogP) is 6.10. The fourth-order valence-electron chi connectivity index (χ4n) is 3.58. The van der Waals surface area contributed by atoms with Gasteiger partial charge in [-0.2, -0.15) is 0 Å². The van der Waals surface area contributed by atoms with Crippen LogP contribution in [-0.4, -0.2) is 25.8 Å². The Balaban J connectivity index is 1.40. The molecule has 2 N–H and O–H groups in total. The van der Waals surface area contributed by atoms with E-state index in [1.54, 1.807) is 50.9 Å². The number of furan rings is 2. The second-order valence-electron chi connectivity index (χ2n) is 7.88. The molecule has 0 unspecified atom stereocenters. The number of carbonyl (C=O) groups excluding carboxylic acids is 2. The molecular weight excluding hydrogens is 472 g/mol. The molecule has 4 rings (SSSR count). The van der Waals surface area contributed by atoms with E-state index in [4.69, 9.17) is 18.3 Å². The van der Waals surface area contributed by atoms with Gasteiger partial charge in [-0.3, -0.25) is 9.59 Å². The molecule has 0 saturated heterocycles. The lowest BCUT2D eigenvalue weighted by Gasteiger charge is -2.13. The highest BCUT2D eigenvalue weighted by Crippen LogP contribution is 2.30. The van der Waals surface area contributed by atoms with Crippen molar-refractivity contribution in [2.75, 3.05) is 24.9 Å². The van der Waals surface area contributed by atoms with E-state index in [0.717, 1.165) is 22.5 Å². The Morgan fingerprint density at radius 2 is 1.19 bits per heavy atom. The van der Waals surface area contributed by atoms with E-state index in [1.165, 1.54) is 24.7 Å². The summed E-state index contributed by atoms with van der Waals surface area (Å²) in [5.41, 5.74) is 3.51. The van der Waals surface area contributed by atoms with Crippen molar-refractivity contribution in [2.24, 2.45) is 0 Å². The topological polar surface area (TPSA) is 103 Å². The number of methoxy groups -OCH3 is 2. The van der Waals surface area contributed by atoms with Crippen molar-refractivity contribution in [3.8, 4) is 11.5 Å². The maximum Gasteiger partial charge on any atom is 0.222 e. The Kier molecular flexibility index (Phi) is 8.23. The first-order valence-corrected chi connectivity index (χ1v) is 11.4. The van der Waals surface area contributed by atoms with Crippen molar-refractivity contribution in [3.63, 3.8) is 0 Å². The number of allylic oxidation sites excluding steroid dienone is 2. The molecule has 188 valence electrons. The molecule has 37 heavy (non-hydrogen) atoms. The van der Waals surface area contributed by atoms with Crippen LogP contribution in [0.3, 0.4) is 0 Å². The Morgan fingerprint density at radius 1 is 0.730 bits per heavy atom. The van der Waals surface area contributed by atoms with Gasteiger partial charge >= 0.3 is 0 Å². The first kappa shape index (κ1) is 25.1. The number of ether oxygens (including phenoxy) is 2. The number of hydrogen-bond donors (Lipinski definition) is 2. The van der Waals surface area contributed by atoms with Gasteiger partial charge < -0.3 is 28.9 Å². The Bertz CT molecular complexity index is 1290. The zero-order chi connectivity index (χ0) is 26.0. The number of hydrogen-bond acceptors (Lipinski definition) is 8. The zero-order valence-corrected chi connectivity index (χ0v) is 20.4. The molecule has 0 aliphatic carbocycles. The van der Waals surface area contributed by atoms with Crippen LogP contribution in [-0.2, 0) is 6.42 Å². The van der Waals surface area contributed by atoms with E-state index >= 15 is 0 Å². The third kappa shape index (κ3) is 6.58. The third-order valence-corrected chi connectivity index (χ3v) is 5.42. The van der Waals surface area contributed by atoms with Crippen LogP contribution < -0.4 is 20.1 Å². The maximum absolute atomic E-state index is 12.0. The van der Waals surface area contributed by atoms with Crippen molar-refractivity contribution >= 4 is 22.9 Å². The molecule has 0 aliphatic rings. The van der Waals surface area contributed by atoms with Crippen LogP contribution >= 0.6 is 0 Å². The lowest BCUT2D eigenvalue weighted by Crippen LogP contribution is -1.99. The van der Waals surface area contributed by atoms with Crippen molar-refractivity contribution in [3.05, 3.63) is 120 Å². The van der Waals surface area contributed by atoms with Gasteiger partial charge in [-0.05, 0) is 66.1 Å². The molecule has 4 aromatic rings. The highest BCUT2D eigenvalue weighted by atomic mass is 16.5. The van der Waals surface area contributed by atoms with Crippen LogP contribution in [0.2, 0.25) is 0 Å². The Labute approximate surface area is 214 Å². The van der Waals surface area contributed by atoms with Crippen LogP contribution in [0.15, 0.2) is 107 Å². The van der Waals surface area contributed by atoms with Gasteiger partial charge in [0.2, 0.25) is 11.6 Å². The van der Waals surface area contributed by atoms with E-state index < -0.39 is 0 Å². The predicted molar refractivity (Wildman–Crippen MR) is 140 cm³/mol. The van der Waals surface area contributed by atoms with Gasteiger partial charge in [0, 0.05) is 24.6 Å². The SMILES string of the molecule is COc1cc(Cc2ccc(N/C=C/C(=O)c3ccco3)c(OC)c2)ccc1N/C=C\C(=O)c1ccco1. The van der Waals surface area contributed by atoms with Crippen molar-refractivity contribution in [1.82, 2.24) is 0 Å². The summed E-state index contributed by atoms with van der Waals surface area (Å²) in [6.07, 6.45) is 9.46. The fourth-order valence-corrected chi connectivity index (χ4v) is 3.58. The highest BCUT2D eigenvalue weighted by molar-refractivity contribution is 6.03. The van der Waals surface area contributed by atoms with Crippen LogP contribution in [0.25, 0.3) is 0 Å². The number of carbonyl (C=O) groups is 2. The molecule has 0 saturated carbocycles. The van der Waals surface area contributed by atoms with Gasteiger partial charge in [0.1, 0.15) is 11.5 Å². The molecule has 8 nitrogen and oxygen atoms in total. The molecule has 0 atom stereocenters. The Hall–Kier alpha value is -4.98. The maximum atomic E-state index is 12.0. The monoisotopic (exact) mass is 498 g/mol. The molecule has 2 aromatic heterocycles. The largest absolute Gasteiger partial charge is 0.495 e. The van der Waals surface area contributed by atoms with Crippen molar-refractivity contribution in [2.45, 2.75) is 6.42 Å². The molecule has 0 aliphatic heterocycles. The zero-order valence-electron chi connectivity index (χ0n) is 20.4. The summed E-state index contributed by atoms with van der Waals surface area (Å²) in [5, 5.41) is 6.16. The van der Waals surface area contributed by atoms with E-state index in [2.05, 4.69) is 10.6 Å². The minimum Gasteiger partial charge on any atom is -0.495 e. The average molecular weight is 499 g/mol. The minimum atomic E-state index is -0.236. The number of benzene rings is 2. The van der Waals surface area contributed by atoms with Gasteiger partial charge in [-0.1, -0.05) is 12.1 Å². The van der Waals surface area contributed by atoms with Gasteiger partial charge in [-0.25, -0.2) is 0 Å². The second kappa shape index (κ2) is 12.1. The molecule has 2 heterocycles. The summed E-state index contributed by atoms with van der Waals surface area (Å²) in [7, 11) is 3.19. The van der Waals surface area contributed by atoms with E-state index in [1.807, 2.05) is 36.4 Å². The third-order valence-electron chi connectivity index (χ3n) is 5.42. The lowest BCUT2D eigenvalue weighted by molar-refractivity contribution is 0.101. The number of ketones is 2. The normalized spacial score (nSPS) is 11.1. The summed E-state index contributed by atoms with van der Waals surface area (Å²) in [5.74, 6) is 1.36. The van der Waals surface area contributed by atoms with Crippen LogP contribution in [0, 0.1) is 0 Å². The highest BCUT2D eigenvalue weighted by Gasteiger charge is 2.09. The van der Waals surface area contributed by atoms with E-state index in [-0.39, 0.29) is 23.1 Å². The quantitative estimate of drug-likeness (QED) is 0.178. The van der Waals surface area contributed by atoms with Gasteiger partial charge in [0.15, 0.2) is 11.5 Å². The minimum absolute atomic E-state index is 0.236. The van der Waals surface area contributed by atoms with Gasteiger partial charge in [-0.15, -0.1) is 0 Å². The summed E-state index contributed by atoms with van der Waals surface area (Å²) < 4.78 is 21.3. The number of anilines is 2. The van der Waals surface area contributed by atoms with Crippen LogP contribution in [0.5, 0.6) is 11.5 Å². The van der Waals surface area contributed by atoms with E-state index in [0.29, 0.717) is 17.9 Å². The number of rotatable bonds is 12. The first-order chi connectivity index (χ1) is 18.1. The van der Waals surface area contributed by atoms with Crippen molar-refractivity contribution < 1.29 is 27.9 Å². The average Bonchev–Trinajstić information content (AvgIpc) is 3.65.